The molecule has 0 radical (unpaired) electrons. The van der Waals surface area contributed by atoms with Crippen molar-refractivity contribution in [3.05, 3.63) is 24.0 Å². The molecule has 1 aromatic heterocycles. The van der Waals surface area contributed by atoms with E-state index < -0.39 is 0 Å². The van der Waals surface area contributed by atoms with Crippen LogP contribution >= 0.6 is 0 Å². The van der Waals surface area contributed by atoms with Crippen LogP contribution in [0.4, 0.5) is 5.69 Å². The molecule has 5 nitrogen and oxygen atoms in total. The first-order chi connectivity index (χ1) is 9.86. The van der Waals surface area contributed by atoms with Gasteiger partial charge in [0.05, 0.1) is 12.3 Å². The Morgan fingerprint density at radius 2 is 2.20 bits per heavy atom. The van der Waals surface area contributed by atoms with Crippen molar-refractivity contribution in [3.8, 4) is 6.07 Å². The topological polar surface area (TPSA) is 61.2 Å². The van der Waals surface area contributed by atoms with Crippen molar-refractivity contribution in [1.29, 1.82) is 5.26 Å². The molecule has 1 aromatic rings. The van der Waals surface area contributed by atoms with Crippen LogP contribution in [-0.4, -0.2) is 48.3 Å². The molecule has 0 bridgehead atoms. The fourth-order valence-corrected chi connectivity index (χ4v) is 3.05. The van der Waals surface area contributed by atoms with E-state index >= 15 is 0 Å². The third kappa shape index (κ3) is 2.92. The van der Waals surface area contributed by atoms with E-state index in [2.05, 4.69) is 21.3 Å². The molecule has 1 unspecified atom stereocenters. The SMILES string of the molecule is N#Cc1ncccc1NC1CCN(C2CCOC2)CC1. The maximum absolute atomic E-state index is 9.06. The lowest BCUT2D eigenvalue weighted by atomic mass is 10.0. The summed E-state index contributed by atoms with van der Waals surface area (Å²) >= 11 is 0. The predicted molar refractivity (Wildman–Crippen MR) is 76.4 cm³/mol. The van der Waals surface area contributed by atoms with Gasteiger partial charge in [0.2, 0.25) is 0 Å². The first-order valence-electron chi connectivity index (χ1n) is 7.30. The van der Waals surface area contributed by atoms with Crippen molar-refractivity contribution in [3.63, 3.8) is 0 Å². The number of hydrogen-bond acceptors (Lipinski definition) is 5. The fourth-order valence-electron chi connectivity index (χ4n) is 3.05. The second kappa shape index (κ2) is 6.21. The van der Waals surface area contributed by atoms with Gasteiger partial charge in [-0.05, 0) is 31.4 Å². The predicted octanol–water partition coefficient (Wildman–Crippen LogP) is 1.62. The van der Waals surface area contributed by atoms with Gasteiger partial charge >= 0.3 is 0 Å². The summed E-state index contributed by atoms with van der Waals surface area (Å²) < 4.78 is 5.46. The van der Waals surface area contributed by atoms with Crippen LogP contribution in [0.2, 0.25) is 0 Å². The number of aromatic nitrogens is 1. The summed E-state index contributed by atoms with van der Waals surface area (Å²) in [6.45, 7) is 4.00. The average Bonchev–Trinajstić information content (AvgIpc) is 3.03. The number of nitrogens with one attached hydrogen (secondary N) is 1. The van der Waals surface area contributed by atoms with Gasteiger partial charge in [-0.25, -0.2) is 4.98 Å². The Labute approximate surface area is 119 Å². The monoisotopic (exact) mass is 272 g/mol. The quantitative estimate of drug-likeness (QED) is 0.906. The van der Waals surface area contributed by atoms with Crippen molar-refractivity contribution >= 4 is 5.69 Å². The summed E-state index contributed by atoms with van der Waals surface area (Å²) in [4.78, 5) is 6.63. The molecule has 106 valence electrons. The number of pyridine rings is 1. The van der Waals surface area contributed by atoms with E-state index in [1.165, 1.54) is 6.42 Å². The summed E-state index contributed by atoms with van der Waals surface area (Å²) in [6.07, 6.45) is 5.04. The molecule has 0 aliphatic carbocycles. The third-order valence-corrected chi connectivity index (χ3v) is 4.22. The Bertz CT molecular complexity index is 485. The largest absolute Gasteiger partial charge is 0.380 e. The molecule has 3 heterocycles. The molecule has 20 heavy (non-hydrogen) atoms. The van der Waals surface area contributed by atoms with Crippen LogP contribution in [0.5, 0.6) is 0 Å². The zero-order valence-electron chi connectivity index (χ0n) is 11.6. The van der Waals surface area contributed by atoms with Crippen molar-refractivity contribution in [2.24, 2.45) is 0 Å². The molecule has 0 spiro atoms. The normalized spacial score (nSPS) is 24.4. The highest BCUT2D eigenvalue weighted by Gasteiger charge is 2.27. The van der Waals surface area contributed by atoms with Crippen LogP contribution in [-0.2, 0) is 4.74 Å². The second-order valence-electron chi connectivity index (χ2n) is 5.48. The molecule has 0 aromatic carbocycles. The van der Waals surface area contributed by atoms with E-state index in [1.807, 2.05) is 12.1 Å². The fraction of sp³-hybridized carbons (Fsp3) is 0.600. The molecule has 5 heteroatoms. The van der Waals surface area contributed by atoms with Crippen molar-refractivity contribution < 1.29 is 4.74 Å². The zero-order chi connectivity index (χ0) is 13.8. The van der Waals surface area contributed by atoms with Gasteiger partial charge in [-0.1, -0.05) is 0 Å². The minimum atomic E-state index is 0.435. The summed E-state index contributed by atoms with van der Waals surface area (Å²) in [5.74, 6) is 0. The summed E-state index contributed by atoms with van der Waals surface area (Å²) in [6, 6.07) is 6.99. The number of likely N-dealkylation sites (tertiary alicyclic amines) is 1. The van der Waals surface area contributed by atoms with Gasteiger partial charge in [0.15, 0.2) is 5.69 Å². The van der Waals surface area contributed by atoms with Crippen LogP contribution in [0.25, 0.3) is 0 Å². The van der Waals surface area contributed by atoms with Crippen LogP contribution < -0.4 is 5.32 Å². The maximum Gasteiger partial charge on any atom is 0.163 e. The number of anilines is 1. The van der Waals surface area contributed by atoms with Gasteiger partial charge in [0, 0.05) is 38.0 Å². The summed E-state index contributed by atoms with van der Waals surface area (Å²) in [7, 11) is 0. The number of rotatable bonds is 3. The van der Waals surface area contributed by atoms with E-state index in [-0.39, 0.29) is 0 Å². The number of hydrogen-bond donors (Lipinski definition) is 1. The molecule has 0 amide bonds. The highest BCUT2D eigenvalue weighted by Crippen LogP contribution is 2.22. The Balaban J connectivity index is 1.54. The van der Waals surface area contributed by atoms with Gasteiger partial charge < -0.3 is 10.1 Å². The highest BCUT2D eigenvalue weighted by molar-refractivity contribution is 5.53. The molecule has 1 atom stereocenters. The first kappa shape index (κ1) is 13.3. The van der Waals surface area contributed by atoms with Gasteiger partial charge in [-0.2, -0.15) is 5.26 Å². The molecule has 2 aliphatic heterocycles. The zero-order valence-corrected chi connectivity index (χ0v) is 11.6. The van der Waals surface area contributed by atoms with Crippen LogP contribution in [0, 0.1) is 11.3 Å². The van der Waals surface area contributed by atoms with E-state index in [4.69, 9.17) is 10.00 Å². The standard InChI is InChI=1S/C15H20N4O/c16-10-15-14(2-1-6-17-15)18-12-3-7-19(8-4-12)13-5-9-20-11-13/h1-2,6,12-13,18H,3-5,7-9,11H2. The Morgan fingerprint density at radius 1 is 1.35 bits per heavy atom. The molecule has 0 saturated carbocycles. The molecular formula is C15H20N4O. The molecule has 2 aliphatic rings. The summed E-state index contributed by atoms with van der Waals surface area (Å²) in [5, 5.41) is 12.5. The van der Waals surface area contributed by atoms with Gasteiger partial charge in [0.25, 0.3) is 0 Å². The Morgan fingerprint density at radius 3 is 2.90 bits per heavy atom. The molecule has 2 fully saturated rings. The average molecular weight is 272 g/mol. The van der Waals surface area contributed by atoms with Gasteiger partial charge in [-0.15, -0.1) is 0 Å². The highest BCUT2D eigenvalue weighted by atomic mass is 16.5. The third-order valence-electron chi connectivity index (χ3n) is 4.22. The van der Waals surface area contributed by atoms with Gasteiger partial charge in [0.1, 0.15) is 6.07 Å². The van der Waals surface area contributed by atoms with E-state index in [0.717, 1.165) is 44.8 Å². The van der Waals surface area contributed by atoms with E-state index in [1.54, 1.807) is 6.20 Å². The van der Waals surface area contributed by atoms with Crippen molar-refractivity contribution in [2.75, 3.05) is 31.6 Å². The molecular weight excluding hydrogens is 252 g/mol. The van der Waals surface area contributed by atoms with Gasteiger partial charge in [-0.3, -0.25) is 4.90 Å². The molecule has 1 N–H and O–H groups in total. The number of piperidine rings is 1. The number of ether oxygens (including phenoxy) is 1. The van der Waals surface area contributed by atoms with Crippen molar-refractivity contribution in [1.82, 2.24) is 9.88 Å². The molecule has 2 saturated heterocycles. The number of nitriles is 1. The van der Waals surface area contributed by atoms with Crippen LogP contribution in [0.1, 0.15) is 25.0 Å². The van der Waals surface area contributed by atoms with E-state index in [0.29, 0.717) is 17.8 Å². The maximum atomic E-state index is 9.06. The lowest BCUT2D eigenvalue weighted by Crippen LogP contribution is -2.44. The summed E-state index contributed by atoms with van der Waals surface area (Å²) in [5.41, 5.74) is 1.34. The smallest absolute Gasteiger partial charge is 0.163 e. The lowest BCUT2D eigenvalue weighted by molar-refractivity contribution is 0.124. The molecule has 3 rings (SSSR count). The first-order valence-corrected chi connectivity index (χ1v) is 7.30. The number of nitrogens with zero attached hydrogens (tertiary/aromatic N) is 3. The minimum absolute atomic E-state index is 0.435. The second-order valence-corrected chi connectivity index (χ2v) is 5.48. The van der Waals surface area contributed by atoms with Crippen molar-refractivity contribution in [2.45, 2.75) is 31.3 Å². The van der Waals surface area contributed by atoms with E-state index in [9.17, 15) is 0 Å². The Hall–Kier alpha value is -1.64. The lowest BCUT2D eigenvalue weighted by Gasteiger charge is -2.36. The van der Waals surface area contributed by atoms with Crippen LogP contribution in [0.3, 0.4) is 0 Å². The van der Waals surface area contributed by atoms with Crippen LogP contribution in [0.15, 0.2) is 18.3 Å². The Kier molecular flexibility index (Phi) is 4.14. The minimum Gasteiger partial charge on any atom is -0.380 e.